The smallest absolute Gasteiger partial charge is 0.442 e. The summed E-state index contributed by atoms with van der Waals surface area (Å²) < 4.78 is 73.9. The van der Waals surface area contributed by atoms with E-state index in [0.717, 1.165) is 29.9 Å². The van der Waals surface area contributed by atoms with E-state index in [1.165, 1.54) is 11.0 Å². The van der Waals surface area contributed by atoms with E-state index in [2.05, 4.69) is 5.16 Å². The van der Waals surface area contributed by atoms with Crippen LogP contribution in [0.15, 0.2) is 35.2 Å². The number of carbonyl (C=O) groups is 3. The Hall–Kier alpha value is -4.04. The molecule has 5 rings (SSSR count). The highest BCUT2D eigenvalue weighted by atomic mass is 31.2. The molecule has 2 atom stereocenters. The zero-order valence-electron chi connectivity index (χ0n) is 21.5. The number of benzene rings is 1. The SMILES string of the molecule is O=C1C=CN(c2c(F)cc(N3C[C@H](CN(c4ccon4)P(=O)(O)OC(=O)N4CCCCC4)OC3=O)c(F)c2F)CC1. The number of aromatic nitrogens is 1. The van der Waals surface area contributed by atoms with Gasteiger partial charge in [-0.2, -0.15) is 0 Å². The van der Waals surface area contributed by atoms with Crippen molar-refractivity contribution in [3.8, 4) is 0 Å². The quantitative estimate of drug-likeness (QED) is 0.365. The average molecular weight is 599 g/mol. The second-order valence-corrected chi connectivity index (χ2v) is 11.2. The predicted molar refractivity (Wildman–Crippen MR) is 136 cm³/mol. The molecule has 0 bridgehead atoms. The van der Waals surface area contributed by atoms with Gasteiger partial charge < -0.3 is 23.6 Å². The number of allylic oxidation sites excluding steroid dienone is 1. The first-order valence-electron chi connectivity index (χ1n) is 12.7. The fraction of sp³-hybridized carbons (Fsp3) is 0.417. The predicted octanol–water partition coefficient (Wildman–Crippen LogP) is 3.94. The number of piperidine rings is 1. The lowest BCUT2D eigenvalue weighted by molar-refractivity contribution is -0.114. The van der Waals surface area contributed by atoms with Crippen LogP contribution in [0.25, 0.3) is 0 Å². The van der Waals surface area contributed by atoms with Gasteiger partial charge in [-0.25, -0.2) is 32.0 Å². The number of anilines is 3. The molecule has 41 heavy (non-hydrogen) atoms. The van der Waals surface area contributed by atoms with E-state index < -0.39 is 68.0 Å². The Morgan fingerprint density at radius 3 is 2.59 bits per heavy atom. The van der Waals surface area contributed by atoms with Gasteiger partial charge >= 0.3 is 19.9 Å². The third kappa shape index (κ3) is 5.88. The monoisotopic (exact) mass is 599 g/mol. The fourth-order valence-electron chi connectivity index (χ4n) is 4.74. The Morgan fingerprint density at radius 2 is 1.93 bits per heavy atom. The van der Waals surface area contributed by atoms with Crippen LogP contribution < -0.4 is 14.5 Å². The minimum atomic E-state index is -4.95. The summed E-state index contributed by atoms with van der Waals surface area (Å²) in [6.45, 7) is -0.436. The van der Waals surface area contributed by atoms with Crippen LogP contribution in [-0.2, 0) is 18.6 Å². The fourth-order valence-corrected chi connectivity index (χ4v) is 5.91. The van der Waals surface area contributed by atoms with Gasteiger partial charge in [-0.1, -0.05) is 5.16 Å². The molecule has 0 saturated carbocycles. The summed E-state index contributed by atoms with van der Waals surface area (Å²) in [6, 6.07) is 1.83. The number of cyclic esters (lactones) is 1. The number of ketones is 1. The van der Waals surface area contributed by atoms with Crippen molar-refractivity contribution in [1.82, 2.24) is 10.1 Å². The summed E-state index contributed by atoms with van der Waals surface area (Å²) in [5.74, 6) is -4.79. The number of ether oxygens (including phenoxy) is 1. The molecular formula is C24H25F3N5O8P. The van der Waals surface area contributed by atoms with Gasteiger partial charge in [0.2, 0.25) is 0 Å². The molecule has 0 aliphatic carbocycles. The molecular weight excluding hydrogens is 574 g/mol. The molecule has 1 aromatic carbocycles. The molecule has 1 N–H and O–H groups in total. The first-order chi connectivity index (χ1) is 19.5. The standard InChI is InChI=1S/C24H25F3N5O8P/c25-17-12-18(20(26)21(27)22(17)29-9-4-15(33)5-10-29)31-13-16(39-24(31)35)14-32(19-6-11-38-28-19)41(36,37)40-23(34)30-7-2-1-3-8-30/h4,6,9,11-12,16H,1-3,5,7-8,10,13-14H2,(H,36,37)/t16-/m1/s1. The van der Waals surface area contributed by atoms with Crippen molar-refractivity contribution in [3.05, 3.63) is 48.1 Å². The number of nitrogens with zero attached hydrogens (tertiary/aromatic N) is 5. The maximum atomic E-state index is 15.1. The zero-order chi connectivity index (χ0) is 29.3. The van der Waals surface area contributed by atoms with Crippen molar-refractivity contribution in [3.63, 3.8) is 0 Å². The Balaban J connectivity index is 1.35. The third-order valence-electron chi connectivity index (χ3n) is 6.79. The minimum Gasteiger partial charge on any atom is -0.442 e. The van der Waals surface area contributed by atoms with E-state index in [1.54, 1.807) is 0 Å². The van der Waals surface area contributed by atoms with Crippen molar-refractivity contribution in [2.24, 2.45) is 0 Å². The first kappa shape index (κ1) is 28.5. The van der Waals surface area contributed by atoms with Crippen LogP contribution >= 0.6 is 7.75 Å². The van der Waals surface area contributed by atoms with Crippen LogP contribution in [0.3, 0.4) is 0 Å². The molecule has 2 saturated heterocycles. The zero-order valence-corrected chi connectivity index (χ0v) is 22.3. The van der Waals surface area contributed by atoms with Gasteiger partial charge in [0, 0.05) is 44.4 Å². The molecule has 1 aromatic heterocycles. The van der Waals surface area contributed by atoms with Crippen molar-refractivity contribution in [2.75, 3.05) is 47.2 Å². The lowest BCUT2D eigenvalue weighted by atomic mass is 10.1. The maximum Gasteiger partial charge on any atom is 0.491 e. The average Bonchev–Trinajstić information content (AvgIpc) is 3.60. The summed E-state index contributed by atoms with van der Waals surface area (Å²) in [5, 5.41) is 3.61. The number of rotatable bonds is 7. The van der Waals surface area contributed by atoms with E-state index in [4.69, 9.17) is 13.8 Å². The van der Waals surface area contributed by atoms with Gasteiger partial charge in [0.05, 0.1) is 18.8 Å². The van der Waals surface area contributed by atoms with Crippen molar-refractivity contribution < 1.29 is 50.8 Å². The molecule has 17 heteroatoms. The molecule has 1 unspecified atom stereocenters. The number of halogens is 3. The number of likely N-dealkylation sites (tertiary alicyclic amines) is 1. The molecule has 2 fully saturated rings. The van der Waals surface area contributed by atoms with Crippen LogP contribution in [0.5, 0.6) is 0 Å². The van der Waals surface area contributed by atoms with Crippen molar-refractivity contribution in [2.45, 2.75) is 31.8 Å². The van der Waals surface area contributed by atoms with Crippen LogP contribution in [0.1, 0.15) is 25.7 Å². The lowest BCUT2D eigenvalue weighted by Crippen LogP contribution is -2.38. The van der Waals surface area contributed by atoms with Gasteiger partial charge in [0.15, 0.2) is 29.1 Å². The lowest BCUT2D eigenvalue weighted by Gasteiger charge is -2.30. The molecule has 0 spiro atoms. The largest absolute Gasteiger partial charge is 0.491 e. The topological polar surface area (TPSA) is 146 Å². The molecule has 0 radical (unpaired) electrons. The van der Waals surface area contributed by atoms with E-state index in [9.17, 15) is 28.2 Å². The summed E-state index contributed by atoms with van der Waals surface area (Å²) in [4.78, 5) is 50.3. The van der Waals surface area contributed by atoms with Crippen LogP contribution in [0.4, 0.5) is 40.0 Å². The molecule has 13 nitrogen and oxygen atoms in total. The van der Waals surface area contributed by atoms with Gasteiger partial charge in [-0.05, 0) is 25.3 Å². The van der Waals surface area contributed by atoms with Gasteiger partial charge in [-0.15, -0.1) is 0 Å². The summed E-state index contributed by atoms with van der Waals surface area (Å²) in [6.07, 6.45) is 2.19. The highest BCUT2D eigenvalue weighted by molar-refractivity contribution is 7.55. The normalized spacial score (nSPS) is 20.7. The van der Waals surface area contributed by atoms with E-state index in [-0.39, 0.29) is 24.6 Å². The van der Waals surface area contributed by atoms with Gasteiger partial charge in [0.25, 0.3) is 0 Å². The van der Waals surface area contributed by atoms with E-state index in [1.807, 2.05) is 0 Å². The van der Waals surface area contributed by atoms with Gasteiger partial charge in [-0.3, -0.25) is 14.6 Å². The highest BCUT2D eigenvalue weighted by Crippen LogP contribution is 2.50. The molecule has 3 aliphatic rings. The van der Waals surface area contributed by atoms with Gasteiger partial charge in [0.1, 0.15) is 18.1 Å². The third-order valence-corrected chi connectivity index (χ3v) is 8.16. The van der Waals surface area contributed by atoms with Crippen LogP contribution in [0.2, 0.25) is 0 Å². The van der Waals surface area contributed by atoms with Crippen molar-refractivity contribution in [1.29, 1.82) is 0 Å². The van der Waals surface area contributed by atoms with Crippen molar-refractivity contribution >= 4 is 42.9 Å². The Morgan fingerprint density at radius 1 is 1.17 bits per heavy atom. The second kappa shape index (κ2) is 11.4. The van der Waals surface area contributed by atoms with E-state index >= 15 is 8.78 Å². The molecule has 2 aromatic rings. The summed E-state index contributed by atoms with van der Waals surface area (Å²) in [7, 11) is -4.95. The number of amides is 2. The second-order valence-electron chi connectivity index (χ2n) is 9.53. The number of hydrogen-bond donors (Lipinski definition) is 1. The Bertz CT molecular complexity index is 1420. The highest BCUT2D eigenvalue weighted by Gasteiger charge is 2.43. The molecule has 220 valence electrons. The summed E-state index contributed by atoms with van der Waals surface area (Å²) >= 11 is 0. The Kier molecular flexibility index (Phi) is 7.95. The van der Waals surface area contributed by atoms with Crippen LogP contribution in [-0.4, -0.2) is 71.7 Å². The Labute approximate surface area is 231 Å². The molecule has 2 amide bonds. The maximum absolute atomic E-state index is 15.1. The summed E-state index contributed by atoms with van der Waals surface area (Å²) in [5.41, 5.74) is -1.49. The number of carbonyl (C=O) groups excluding carboxylic acids is 3. The van der Waals surface area contributed by atoms with Crippen LogP contribution in [0, 0.1) is 17.5 Å². The molecule has 3 aliphatic heterocycles. The minimum absolute atomic E-state index is 0.0248. The first-order valence-corrected chi connectivity index (χ1v) is 14.2. The molecule has 4 heterocycles. The van der Waals surface area contributed by atoms with E-state index in [0.29, 0.717) is 41.6 Å². The number of hydrogen-bond acceptors (Lipinski definition) is 9.